The molecule has 3 N–H and O–H groups in total. The average molecular weight is 863 g/mol. The summed E-state index contributed by atoms with van der Waals surface area (Å²) < 4.78 is 135. The van der Waals surface area contributed by atoms with Gasteiger partial charge in [0.1, 0.15) is 41.8 Å². The highest BCUT2D eigenvalue weighted by molar-refractivity contribution is 7.97. The van der Waals surface area contributed by atoms with Gasteiger partial charge in [-0.25, -0.2) is 35.4 Å². The van der Waals surface area contributed by atoms with Crippen LogP contribution in [0, 0.1) is 22.2 Å². The number of nitrogens with zero attached hydrogens (tertiary/aromatic N) is 3. The molecular weight excluding hydrogens is 826 g/mol. The summed E-state index contributed by atoms with van der Waals surface area (Å²) in [5.74, 6) is -9.74. The molecule has 0 radical (unpaired) electrons. The van der Waals surface area contributed by atoms with E-state index >= 15 is 0 Å². The number of ether oxygens (including phenoxy) is 3. The largest absolute Gasteiger partial charge is 0.438 e. The highest BCUT2D eigenvalue weighted by Gasteiger charge is 2.60. The summed E-state index contributed by atoms with van der Waals surface area (Å²) in [5, 5.41) is 34.7. The number of anilines is 1. The highest BCUT2D eigenvalue weighted by Crippen LogP contribution is 2.55. The first kappa shape index (κ1) is 42.4. The lowest BCUT2D eigenvalue weighted by atomic mass is 9.67. The Morgan fingerprint density at radius 1 is 1.05 bits per heavy atom. The predicted octanol–water partition coefficient (Wildman–Crippen LogP) is 4.56. The first-order valence-corrected chi connectivity index (χ1v) is 21.0. The number of hydrogen-bond donors (Lipinski definition) is 3. The van der Waals surface area contributed by atoms with Crippen molar-refractivity contribution in [1.29, 1.82) is 5.26 Å². The Labute approximate surface area is 320 Å². The lowest BCUT2D eigenvalue weighted by Gasteiger charge is -2.42. The molecule has 0 aromatic carbocycles. The Balaban J connectivity index is 1.15. The molecule has 310 valence electrons. The fourth-order valence-electron chi connectivity index (χ4n) is 7.36. The molecular formula is C32H37ClF5N4O12PS. The van der Waals surface area contributed by atoms with E-state index in [1.165, 1.54) is 30.7 Å². The second-order valence-corrected chi connectivity index (χ2v) is 20.2. The minimum absolute atomic E-state index is 0.0351. The van der Waals surface area contributed by atoms with Gasteiger partial charge in [0, 0.05) is 43.3 Å². The van der Waals surface area contributed by atoms with Gasteiger partial charge in [0.2, 0.25) is 25.4 Å². The minimum atomic E-state index is -5.04. The molecule has 4 aliphatic rings. The van der Waals surface area contributed by atoms with Gasteiger partial charge in [0.15, 0.2) is 26.7 Å². The molecule has 0 spiro atoms. The van der Waals surface area contributed by atoms with E-state index in [1.807, 2.05) is 6.07 Å². The number of halogens is 6. The number of pyridine rings is 1. The van der Waals surface area contributed by atoms with Gasteiger partial charge in [-0.15, -0.1) is 0 Å². The van der Waals surface area contributed by atoms with Crippen LogP contribution < -0.4 is 5.32 Å². The summed E-state index contributed by atoms with van der Waals surface area (Å²) in [7, 11) is -9.77. The Hall–Kier alpha value is -3.16. The van der Waals surface area contributed by atoms with Crippen molar-refractivity contribution in [1.82, 2.24) is 9.55 Å². The molecule has 3 aliphatic carbocycles. The van der Waals surface area contributed by atoms with Crippen molar-refractivity contribution < 1.29 is 78.0 Å². The van der Waals surface area contributed by atoms with Crippen molar-refractivity contribution in [2.45, 2.75) is 101 Å². The van der Waals surface area contributed by atoms with E-state index in [1.54, 1.807) is 0 Å². The van der Waals surface area contributed by atoms with Gasteiger partial charge in [0.25, 0.3) is 0 Å². The van der Waals surface area contributed by atoms with Crippen molar-refractivity contribution >= 4 is 57.7 Å². The maximum Gasteiger partial charge on any atom is 0.351 e. The topological polar surface area (TPSA) is 226 Å². The fourth-order valence-corrected chi connectivity index (χ4v) is 11.8. The molecule has 4 atom stereocenters. The predicted molar refractivity (Wildman–Crippen MR) is 182 cm³/mol. The summed E-state index contributed by atoms with van der Waals surface area (Å²) in [4.78, 5) is 29.1. The molecule has 3 heterocycles. The van der Waals surface area contributed by atoms with Crippen LogP contribution in [0.4, 0.5) is 27.6 Å². The van der Waals surface area contributed by atoms with Gasteiger partial charge >= 0.3 is 19.5 Å². The van der Waals surface area contributed by atoms with Crippen LogP contribution in [0.1, 0.15) is 64.2 Å². The monoisotopic (exact) mass is 862 g/mol. The van der Waals surface area contributed by atoms with E-state index in [4.69, 9.17) is 34.9 Å². The zero-order valence-electron chi connectivity index (χ0n) is 29.6. The van der Waals surface area contributed by atoms with E-state index < -0.39 is 133 Å². The summed E-state index contributed by atoms with van der Waals surface area (Å²) in [5.41, 5.74) is -4.52. The molecule has 3 saturated carbocycles. The van der Waals surface area contributed by atoms with Crippen LogP contribution in [0.15, 0.2) is 12.3 Å². The van der Waals surface area contributed by atoms with E-state index in [9.17, 15) is 60.0 Å². The Morgan fingerprint density at radius 3 is 2.07 bits per heavy atom. The van der Waals surface area contributed by atoms with Crippen molar-refractivity contribution in [2.75, 3.05) is 30.1 Å². The summed E-state index contributed by atoms with van der Waals surface area (Å²) in [6, 6.07) is 3.11. The maximum absolute atomic E-state index is 13.7. The van der Waals surface area contributed by atoms with Crippen molar-refractivity contribution in [2.24, 2.45) is 10.8 Å². The lowest BCUT2D eigenvalue weighted by Crippen LogP contribution is -2.50. The molecule has 0 bridgehead atoms. The van der Waals surface area contributed by atoms with Crippen LogP contribution in [0.2, 0.25) is 5.15 Å². The van der Waals surface area contributed by atoms with Gasteiger partial charge < -0.3 is 34.3 Å². The zero-order chi connectivity index (χ0) is 41.2. The van der Waals surface area contributed by atoms with Gasteiger partial charge in [-0.3, -0.25) is 23.2 Å². The zero-order valence-corrected chi connectivity index (χ0v) is 32.1. The Bertz CT molecular complexity index is 2030. The van der Waals surface area contributed by atoms with Crippen LogP contribution in [0.5, 0.6) is 0 Å². The van der Waals surface area contributed by atoms with Gasteiger partial charge in [0.05, 0.1) is 22.3 Å². The van der Waals surface area contributed by atoms with Crippen LogP contribution >= 0.6 is 19.2 Å². The van der Waals surface area contributed by atoms with E-state index in [-0.39, 0.29) is 40.9 Å². The average Bonchev–Trinajstić information content (AvgIpc) is 3.57. The SMILES string of the molecule is CC1(C(=O)OCOP(=O)(CS(=O)(=O)C[C@H]2O[C@@H](n3ccc4c(NC5CC(F)C5)c(C#N)c(Cl)nc43)[C@H](O)[C@@H]2O)OCOC(=O)C2(C)CC(F)(F)C2)CC(F)(F)C1. The number of nitriles is 1. The molecule has 4 fully saturated rings. The summed E-state index contributed by atoms with van der Waals surface area (Å²) in [6.45, 7) is -0.152. The minimum Gasteiger partial charge on any atom is -0.438 e. The third kappa shape index (κ3) is 8.65. The molecule has 2 aromatic heterocycles. The summed E-state index contributed by atoms with van der Waals surface area (Å²) >= 11 is 6.30. The quantitative estimate of drug-likeness (QED) is 0.0734. The number of carbonyl (C=O) groups is 2. The molecule has 1 aliphatic heterocycles. The van der Waals surface area contributed by atoms with Gasteiger partial charge in [-0.05, 0) is 32.8 Å². The number of carbonyl (C=O) groups excluding carboxylic acids is 2. The number of nitrogens with one attached hydrogen (secondary N) is 1. The third-order valence-electron chi connectivity index (χ3n) is 10.2. The molecule has 2 aromatic rings. The normalized spacial score (nSPS) is 28.7. The second-order valence-electron chi connectivity index (χ2n) is 15.2. The Morgan fingerprint density at radius 2 is 1.59 bits per heavy atom. The summed E-state index contributed by atoms with van der Waals surface area (Å²) in [6.07, 6.45) is -9.59. The number of aliphatic hydroxyl groups excluding tert-OH is 2. The highest BCUT2D eigenvalue weighted by atomic mass is 35.5. The number of aliphatic hydroxyl groups is 2. The standard InChI is InChI=1S/C32H37ClF5N4O12PS/c1-29(9-31(35,36)10-29)27(45)50-13-52-55(47,53-14-51-28(46)30(2)11-32(37,38)12-30)15-56(48,49)8-20-22(43)23(44)26(54-20)42-4-3-18-21(40-17-5-16(34)6-17)19(7-39)24(33)41-25(18)42/h3-4,16-17,20,22-23,26,43-44H,5-6,8-15H2,1-2H3,(H,40,41)/t16?,17?,20-,22-,23-,26-/m1/s1. The molecule has 1 saturated heterocycles. The van der Waals surface area contributed by atoms with Crippen LogP contribution in [0.3, 0.4) is 0 Å². The van der Waals surface area contributed by atoms with Crippen LogP contribution in [0.25, 0.3) is 11.0 Å². The van der Waals surface area contributed by atoms with Crippen LogP contribution in [-0.4, -0.2) is 107 Å². The van der Waals surface area contributed by atoms with Gasteiger partial charge in [-0.1, -0.05) is 11.6 Å². The molecule has 0 unspecified atom stereocenters. The molecule has 6 rings (SSSR count). The van der Waals surface area contributed by atoms with Crippen LogP contribution in [-0.2, 0) is 47.2 Å². The number of hydrogen-bond acceptors (Lipinski definition) is 15. The van der Waals surface area contributed by atoms with E-state index in [0.717, 1.165) is 0 Å². The number of alkyl halides is 5. The second kappa shape index (κ2) is 14.9. The van der Waals surface area contributed by atoms with Crippen molar-refractivity contribution in [3.05, 3.63) is 23.0 Å². The first-order valence-electron chi connectivity index (χ1n) is 17.1. The maximum atomic E-state index is 13.7. The molecule has 16 nitrogen and oxygen atoms in total. The lowest BCUT2D eigenvalue weighted by molar-refractivity contribution is -0.201. The van der Waals surface area contributed by atoms with E-state index in [2.05, 4.69) is 10.3 Å². The Kier molecular flexibility index (Phi) is 11.3. The number of rotatable bonds is 15. The first-order chi connectivity index (χ1) is 25.9. The molecule has 56 heavy (non-hydrogen) atoms. The van der Waals surface area contributed by atoms with E-state index in [0.29, 0.717) is 5.39 Å². The number of aromatic nitrogens is 2. The molecule has 24 heteroatoms. The van der Waals surface area contributed by atoms with Crippen molar-refractivity contribution in [3.63, 3.8) is 0 Å². The number of esters is 2. The number of sulfone groups is 1. The smallest absolute Gasteiger partial charge is 0.351 e. The fraction of sp³-hybridized carbons (Fsp3) is 0.688. The molecule has 0 amide bonds. The van der Waals surface area contributed by atoms with Crippen molar-refractivity contribution in [3.8, 4) is 6.07 Å². The number of fused-ring (bicyclic) bond motifs is 1. The van der Waals surface area contributed by atoms with Gasteiger partial charge in [-0.2, -0.15) is 5.26 Å². The third-order valence-corrected chi connectivity index (χ3v) is 15.1.